The van der Waals surface area contributed by atoms with E-state index in [1.54, 1.807) is 6.08 Å². The molecular formula is C19H14ClN3O5S. The lowest BCUT2D eigenvalue weighted by Crippen LogP contribution is -2.17. The Morgan fingerprint density at radius 1 is 1.31 bits per heavy atom. The van der Waals surface area contributed by atoms with Crippen molar-refractivity contribution in [3.8, 4) is 11.5 Å². The molecule has 0 N–H and O–H groups in total. The van der Waals surface area contributed by atoms with Gasteiger partial charge in [0.1, 0.15) is 13.2 Å². The van der Waals surface area contributed by atoms with Gasteiger partial charge in [-0.05, 0) is 6.07 Å². The van der Waals surface area contributed by atoms with Crippen LogP contribution in [-0.4, -0.2) is 28.6 Å². The summed E-state index contributed by atoms with van der Waals surface area (Å²) in [7, 11) is 0. The molecular weight excluding hydrogens is 418 g/mol. The van der Waals surface area contributed by atoms with Crippen molar-refractivity contribution in [1.29, 1.82) is 0 Å². The fraction of sp³-hybridized carbons (Fsp3) is 0.158. The summed E-state index contributed by atoms with van der Waals surface area (Å²) in [6.07, 6.45) is 1.69. The number of fused-ring (bicyclic) bond motifs is 2. The van der Waals surface area contributed by atoms with E-state index in [9.17, 15) is 14.9 Å². The van der Waals surface area contributed by atoms with Crippen LogP contribution in [0.1, 0.15) is 10.4 Å². The van der Waals surface area contributed by atoms with Crippen LogP contribution < -0.4 is 14.3 Å². The van der Waals surface area contributed by atoms with Crippen LogP contribution in [0.15, 0.2) is 48.0 Å². The van der Waals surface area contributed by atoms with Gasteiger partial charge in [0, 0.05) is 30.8 Å². The van der Waals surface area contributed by atoms with Gasteiger partial charge in [-0.3, -0.25) is 14.9 Å². The van der Waals surface area contributed by atoms with Gasteiger partial charge in [-0.15, -0.1) is 6.58 Å². The van der Waals surface area contributed by atoms with E-state index in [0.717, 1.165) is 16.3 Å². The van der Waals surface area contributed by atoms with Gasteiger partial charge in [0.05, 0.1) is 25.7 Å². The maximum atomic E-state index is 12.7. The molecule has 2 aromatic carbocycles. The molecule has 0 aliphatic carbocycles. The van der Waals surface area contributed by atoms with Crippen LogP contribution in [-0.2, 0) is 6.54 Å². The number of amides is 1. The maximum Gasteiger partial charge on any atom is 0.281 e. The smallest absolute Gasteiger partial charge is 0.281 e. The summed E-state index contributed by atoms with van der Waals surface area (Å²) in [5, 5.41) is 11.1. The molecule has 0 radical (unpaired) electrons. The van der Waals surface area contributed by atoms with Crippen LogP contribution in [0.25, 0.3) is 10.2 Å². The first-order valence-corrected chi connectivity index (χ1v) is 9.74. The average Bonchev–Trinajstić information content (AvgIpc) is 3.02. The Labute approximate surface area is 173 Å². The highest BCUT2D eigenvalue weighted by atomic mass is 35.5. The Kier molecular flexibility index (Phi) is 5.08. The molecule has 10 heteroatoms. The Hall–Kier alpha value is -3.17. The van der Waals surface area contributed by atoms with Crippen LogP contribution in [0.3, 0.4) is 0 Å². The topological polar surface area (TPSA) is 96.0 Å². The second kappa shape index (κ2) is 7.69. The lowest BCUT2D eigenvalue weighted by molar-refractivity contribution is -0.384. The summed E-state index contributed by atoms with van der Waals surface area (Å²) in [5.74, 6) is 0.592. The first-order chi connectivity index (χ1) is 14.0. The number of benzene rings is 2. The number of allylic oxidation sites excluding steroid dienone is 1. The van der Waals surface area contributed by atoms with Gasteiger partial charge in [0.2, 0.25) is 0 Å². The van der Waals surface area contributed by atoms with E-state index in [-0.39, 0.29) is 16.3 Å². The molecule has 0 saturated heterocycles. The minimum atomic E-state index is -0.666. The van der Waals surface area contributed by atoms with Crippen molar-refractivity contribution in [1.82, 2.24) is 4.57 Å². The van der Waals surface area contributed by atoms with E-state index >= 15 is 0 Å². The van der Waals surface area contributed by atoms with E-state index in [4.69, 9.17) is 21.1 Å². The molecule has 1 aliphatic rings. The zero-order valence-electron chi connectivity index (χ0n) is 15.0. The number of non-ortho nitro benzene ring substituents is 1. The lowest BCUT2D eigenvalue weighted by atomic mass is 10.2. The lowest BCUT2D eigenvalue weighted by Gasteiger charge is -2.18. The van der Waals surface area contributed by atoms with E-state index < -0.39 is 10.8 Å². The van der Waals surface area contributed by atoms with Crippen molar-refractivity contribution in [2.75, 3.05) is 13.2 Å². The number of nitro benzene ring substituents is 1. The molecule has 1 amide bonds. The number of rotatable bonds is 4. The fourth-order valence-electron chi connectivity index (χ4n) is 2.94. The normalized spacial score (nSPS) is 13.5. The van der Waals surface area contributed by atoms with Gasteiger partial charge in [0.25, 0.3) is 11.6 Å². The molecule has 1 aliphatic heterocycles. The monoisotopic (exact) mass is 431 g/mol. The SMILES string of the molecule is C=CCn1c(=NC(=O)c2cc([N+](=O)[O-])ccc2Cl)sc2cc3c(cc21)OCCO3. The van der Waals surface area contributed by atoms with Crippen LogP contribution >= 0.6 is 22.9 Å². The minimum Gasteiger partial charge on any atom is -0.486 e. The number of ether oxygens (including phenoxy) is 2. The average molecular weight is 432 g/mol. The van der Waals surface area contributed by atoms with Crippen molar-refractivity contribution in [3.05, 3.63) is 68.5 Å². The molecule has 4 rings (SSSR count). The predicted molar refractivity (Wildman–Crippen MR) is 109 cm³/mol. The predicted octanol–water partition coefficient (Wildman–Crippen LogP) is 3.96. The highest BCUT2D eigenvalue weighted by Crippen LogP contribution is 2.35. The summed E-state index contributed by atoms with van der Waals surface area (Å²) < 4.78 is 13.9. The van der Waals surface area contributed by atoms with Crippen molar-refractivity contribution >= 4 is 44.7 Å². The molecule has 29 heavy (non-hydrogen) atoms. The van der Waals surface area contributed by atoms with Gasteiger partial charge < -0.3 is 14.0 Å². The second-order valence-electron chi connectivity index (χ2n) is 6.09. The summed E-state index contributed by atoms with van der Waals surface area (Å²) >= 11 is 7.36. The molecule has 0 saturated carbocycles. The van der Waals surface area contributed by atoms with E-state index in [1.807, 2.05) is 16.7 Å². The third-order valence-electron chi connectivity index (χ3n) is 4.25. The van der Waals surface area contributed by atoms with Crippen molar-refractivity contribution < 1.29 is 19.2 Å². The number of nitro groups is 1. The number of hydrogen-bond acceptors (Lipinski definition) is 6. The van der Waals surface area contributed by atoms with E-state index in [1.165, 1.54) is 23.5 Å². The second-order valence-corrected chi connectivity index (χ2v) is 7.50. The number of halogens is 1. The standard InChI is InChI=1S/C19H14ClN3O5S/c1-2-5-22-14-9-15-16(28-7-6-27-15)10-17(14)29-19(22)21-18(24)12-8-11(23(25)26)3-4-13(12)20/h2-4,8-10H,1,5-7H2. The summed E-state index contributed by atoms with van der Waals surface area (Å²) in [6, 6.07) is 7.36. The summed E-state index contributed by atoms with van der Waals surface area (Å²) in [4.78, 5) is 27.8. The molecule has 148 valence electrons. The highest BCUT2D eigenvalue weighted by molar-refractivity contribution is 7.16. The minimum absolute atomic E-state index is 0.0329. The highest BCUT2D eigenvalue weighted by Gasteiger charge is 2.18. The van der Waals surface area contributed by atoms with Crippen LogP contribution in [0.2, 0.25) is 5.02 Å². The number of nitrogens with zero attached hydrogens (tertiary/aromatic N) is 3. The zero-order chi connectivity index (χ0) is 20.5. The van der Waals surface area contributed by atoms with Gasteiger partial charge in [0.15, 0.2) is 16.3 Å². The Balaban J connectivity index is 1.86. The first kappa shape index (κ1) is 19.2. The molecule has 8 nitrogen and oxygen atoms in total. The van der Waals surface area contributed by atoms with Crippen LogP contribution in [0.5, 0.6) is 11.5 Å². The van der Waals surface area contributed by atoms with Gasteiger partial charge in [-0.2, -0.15) is 4.99 Å². The molecule has 0 unspecified atom stereocenters. The third kappa shape index (κ3) is 3.62. The van der Waals surface area contributed by atoms with Crippen molar-refractivity contribution in [3.63, 3.8) is 0 Å². The summed E-state index contributed by atoms with van der Waals surface area (Å²) in [5.41, 5.74) is 0.551. The van der Waals surface area contributed by atoms with Gasteiger partial charge >= 0.3 is 0 Å². The first-order valence-electron chi connectivity index (χ1n) is 8.55. The largest absolute Gasteiger partial charge is 0.486 e. The third-order valence-corrected chi connectivity index (χ3v) is 5.62. The summed E-state index contributed by atoms with van der Waals surface area (Å²) in [6.45, 7) is 5.10. The fourth-order valence-corrected chi connectivity index (χ4v) is 4.18. The van der Waals surface area contributed by atoms with Crippen LogP contribution in [0.4, 0.5) is 5.69 Å². The molecule has 3 aromatic rings. The molecule has 0 fully saturated rings. The number of hydrogen-bond donors (Lipinski definition) is 0. The molecule has 0 atom stereocenters. The van der Waals surface area contributed by atoms with Crippen molar-refractivity contribution in [2.45, 2.75) is 6.54 Å². The molecule has 2 heterocycles. The van der Waals surface area contributed by atoms with Gasteiger partial charge in [-0.25, -0.2) is 0 Å². The maximum absolute atomic E-state index is 12.7. The van der Waals surface area contributed by atoms with E-state index in [2.05, 4.69) is 11.6 Å². The number of carbonyl (C=O) groups is 1. The Morgan fingerprint density at radius 3 is 2.72 bits per heavy atom. The van der Waals surface area contributed by atoms with Crippen LogP contribution in [0, 0.1) is 10.1 Å². The molecule has 1 aromatic heterocycles. The Bertz CT molecular complexity index is 1230. The van der Waals surface area contributed by atoms with E-state index in [0.29, 0.717) is 36.1 Å². The van der Waals surface area contributed by atoms with Crippen molar-refractivity contribution in [2.24, 2.45) is 4.99 Å². The van der Waals surface area contributed by atoms with Gasteiger partial charge in [-0.1, -0.05) is 29.0 Å². The zero-order valence-corrected chi connectivity index (χ0v) is 16.5. The Morgan fingerprint density at radius 2 is 2.03 bits per heavy atom. The number of aromatic nitrogens is 1. The molecule has 0 bridgehead atoms. The number of carbonyl (C=O) groups excluding carboxylic acids is 1. The molecule has 0 spiro atoms. The number of thiazole rings is 1. The quantitative estimate of drug-likeness (QED) is 0.354.